The maximum Gasteiger partial charge on any atom is 0.324 e. The molecule has 1 aliphatic carbocycles. The molecule has 1 saturated carbocycles. The number of hydrogen-bond donors (Lipinski definition) is 1. The molecule has 23 heavy (non-hydrogen) atoms. The number of rotatable bonds is 0. The Morgan fingerprint density at radius 2 is 1.65 bits per heavy atom. The second kappa shape index (κ2) is 3.99. The van der Waals surface area contributed by atoms with Crippen LogP contribution >= 0.6 is 0 Å². The first-order valence-electron chi connectivity index (χ1n) is 8.32. The number of nitrogens with zero attached hydrogens (tertiary/aromatic N) is 3. The van der Waals surface area contributed by atoms with Gasteiger partial charge in [-0.25, -0.2) is 9.59 Å². The van der Waals surface area contributed by atoms with Gasteiger partial charge < -0.3 is 10.2 Å². The van der Waals surface area contributed by atoms with Crippen molar-refractivity contribution in [1.82, 2.24) is 20.0 Å². The van der Waals surface area contributed by atoms with Crippen LogP contribution in [0.15, 0.2) is 24.3 Å². The molecule has 2 atom stereocenters. The zero-order valence-electron chi connectivity index (χ0n) is 13.2. The van der Waals surface area contributed by atoms with E-state index < -0.39 is 11.3 Å². The third-order valence-electron chi connectivity index (χ3n) is 6.29. The summed E-state index contributed by atoms with van der Waals surface area (Å²) in [7, 11) is 1.83. The van der Waals surface area contributed by atoms with E-state index in [0.717, 1.165) is 36.8 Å². The normalized spacial score (nSPS) is 34.7. The third kappa shape index (κ3) is 1.28. The highest BCUT2D eigenvalue weighted by atomic mass is 16.2. The van der Waals surface area contributed by atoms with E-state index in [-0.39, 0.29) is 12.1 Å². The number of hydrogen-bond acceptors (Lipinski definition) is 2. The van der Waals surface area contributed by atoms with Crippen molar-refractivity contribution < 1.29 is 9.59 Å². The van der Waals surface area contributed by atoms with Gasteiger partial charge in [-0.1, -0.05) is 24.3 Å². The Bertz CT molecular complexity index is 735. The number of likely N-dealkylation sites (N-methyl/N-ethyl adjacent to an activating group) is 1. The van der Waals surface area contributed by atoms with E-state index in [0.29, 0.717) is 13.1 Å². The highest BCUT2D eigenvalue weighted by Crippen LogP contribution is 2.55. The zero-order chi connectivity index (χ0) is 15.8. The van der Waals surface area contributed by atoms with Gasteiger partial charge in [0.1, 0.15) is 0 Å². The molecular formula is C17H20N4O2. The summed E-state index contributed by atoms with van der Waals surface area (Å²) >= 11 is 0. The molecule has 1 aromatic carbocycles. The third-order valence-corrected chi connectivity index (χ3v) is 6.29. The van der Waals surface area contributed by atoms with Gasteiger partial charge in [0.05, 0.1) is 13.1 Å². The molecule has 0 aromatic heterocycles. The Morgan fingerprint density at radius 1 is 1.00 bits per heavy atom. The highest BCUT2D eigenvalue weighted by Gasteiger charge is 2.75. The number of urea groups is 2. The highest BCUT2D eigenvalue weighted by molar-refractivity contribution is 5.88. The predicted molar refractivity (Wildman–Crippen MR) is 83.1 cm³/mol. The van der Waals surface area contributed by atoms with E-state index >= 15 is 0 Å². The van der Waals surface area contributed by atoms with Crippen LogP contribution in [0.1, 0.15) is 36.8 Å². The van der Waals surface area contributed by atoms with Crippen molar-refractivity contribution in [2.24, 2.45) is 0 Å². The maximum atomic E-state index is 13.0. The molecule has 3 fully saturated rings. The molecule has 1 N–H and O–H groups in total. The predicted octanol–water partition coefficient (Wildman–Crippen LogP) is 2.06. The number of benzene rings is 1. The van der Waals surface area contributed by atoms with Crippen LogP contribution in [0.3, 0.4) is 0 Å². The van der Waals surface area contributed by atoms with E-state index in [1.54, 1.807) is 4.90 Å². The van der Waals surface area contributed by atoms with Gasteiger partial charge in [0.25, 0.3) is 0 Å². The van der Waals surface area contributed by atoms with Gasteiger partial charge in [-0.15, -0.1) is 0 Å². The monoisotopic (exact) mass is 312 g/mol. The van der Waals surface area contributed by atoms with E-state index in [1.807, 2.05) is 29.0 Å². The average Bonchev–Trinajstić information content (AvgIpc) is 2.83. The SMILES string of the molecule is CN1C(=O)N2Cc3ccccc3CN3C(=O)N[C@]14CCCC[C@]324. The van der Waals surface area contributed by atoms with Gasteiger partial charge in [0, 0.05) is 7.05 Å². The minimum Gasteiger partial charge on any atom is -0.311 e. The second-order valence-electron chi connectivity index (χ2n) is 7.10. The summed E-state index contributed by atoms with van der Waals surface area (Å²) in [6.07, 6.45) is 3.75. The minimum atomic E-state index is -0.582. The molecule has 4 amide bonds. The number of carbonyl (C=O) groups is 2. The standard InChI is InChI=1S/C17H20N4O2/c1-19-15(23)21-11-13-7-3-2-6-12(13)10-20-14(22)18-16(19)8-4-5-9-17(16,20)21/h2-3,6-7H,4-5,8-11H2,1H3,(H,18,22)/t16-,17+/m1/s1. The maximum absolute atomic E-state index is 13.0. The summed E-state index contributed by atoms with van der Waals surface area (Å²) in [4.78, 5) is 31.5. The Hall–Kier alpha value is -2.24. The van der Waals surface area contributed by atoms with E-state index in [4.69, 9.17) is 0 Å². The summed E-state index contributed by atoms with van der Waals surface area (Å²) in [5, 5.41) is 3.18. The number of carbonyl (C=O) groups excluding carboxylic acids is 2. The van der Waals surface area contributed by atoms with Crippen molar-refractivity contribution >= 4 is 12.1 Å². The Labute approximate surface area is 135 Å². The first kappa shape index (κ1) is 13.2. The number of amides is 4. The fraction of sp³-hybridized carbons (Fsp3) is 0.529. The van der Waals surface area contributed by atoms with Crippen LogP contribution < -0.4 is 5.32 Å². The molecule has 4 aliphatic rings. The molecule has 1 spiro atoms. The first-order chi connectivity index (χ1) is 11.1. The van der Waals surface area contributed by atoms with Crippen molar-refractivity contribution in [3.8, 4) is 0 Å². The van der Waals surface area contributed by atoms with Gasteiger partial charge in [0.2, 0.25) is 0 Å². The van der Waals surface area contributed by atoms with Crippen molar-refractivity contribution in [2.75, 3.05) is 7.05 Å². The van der Waals surface area contributed by atoms with Crippen LogP contribution in [0.25, 0.3) is 0 Å². The summed E-state index contributed by atoms with van der Waals surface area (Å²) in [5.74, 6) is 0. The molecule has 1 aromatic rings. The molecule has 0 unspecified atom stereocenters. The van der Waals surface area contributed by atoms with Crippen LogP contribution in [0.5, 0.6) is 0 Å². The lowest BCUT2D eigenvalue weighted by Crippen LogP contribution is -2.67. The lowest BCUT2D eigenvalue weighted by molar-refractivity contribution is -0.0554. The second-order valence-corrected chi connectivity index (χ2v) is 7.10. The fourth-order valence-electron chi connectivity index (χ4n) is 5.23. The van der Waals surface area contributed by atoms with Crippen molar-refractivity contribution in [3.05, 3.63) is 35.4 Å². The molecule has 6 heteroatoms. The lowest BCUT2D eigenvalue weighted by atomic mass is 9.78. The van der Waals surface area contributed by atoms with Crippen LogP contribution in [-0.4, -0.2) is 45.1 Å². The molecule has 0 bridgehead atoms. The zero-order valence-corrected chi connectivity index (χ0v) is 13.2. The number of nitrogens with one attached hydrogen (secondary N) is 1. The van der Waals surface area contributed by atoms with Crippen molar-refractivity contribution in [2.45, 2.75) is 50.1 Å². The van der Waals surface area contributed by atoms with Gasteiger partial charge in [0.15, 0.2) is 11.3 Å². The number of fused-ring (bicyclic) bond motifs is 1. The van der Waals surface area contributed by atoms with Gasteiger partial charge >= 0.3 is 12.1 Å². The summed E-state index contributed by atoms with van der Waals surface area (Å²) < 4.78 is 0. The van der Waals surface area contributed by atoms with Crippen LogP contribution in [0.2, 0.25) is 0 Å². The van der Waals surface area contributed by atoms with Crippen molar-refractivity contribution in [3.63, 3.8) is 0 Å². The quantitative estimate of drug-likeness (QED) is 0.797. The van der Waals surface area contributed by atoms with Gasteiger partial charge in [-0.2, -0.15) is 0 Å². The van der Waals surface area contributed by atoms with E-state index in [2.05, 4.69) is 17.4 Å². The molecule has 5 rings (SSSR count). The van der Waals surface area contributed by atoms with Crippen LogP contribution in [0.4, 0.5) is 9.59 Å². The Balaban J connectivity index is 1.77. The molecule has 3 aliphatic heterocycles. The largest absolute Gasteiger partial charge is 0.324 e. The minimum absolute atomic E-state index is 0.0219. The molecule has 120 valence electrons. The molecule has 3 heterocycles. The Morgan fingerprint density at radius 3 is 2.39 bits per heavy atom. The average molecular weight is 312 g/mol. The fourth-order valence-corrected chi connectivity index (χ4v) is 5.23. The smallest absolute Gasteiger partial charge is 0.311 e. The lowest BCUT2D eigenvalue weighted by Gasteiger charge is -2.49. The molecule has 6 nitrogen and oxygen atoms in total. The van der Waals surface area contributed by atoms with Crippen molar-refractivity contribution in [1.29, 1.82) is 0 Å². The Kier molecular flexibility index (Phi) is 2.29. The summed E-state index contributed by atoms with van der Waals surface area (Å²) in [6.45, 7) is 1.15. The van der Waals surface area contributed by atoms with Crippen LogP contribution in [-0.2, 0) is 13.1 Å². The molecular weight excluding hydrogens is 292 g/mol. The van der Waals surface area contributed by atoms with Gasteiger partial charge in [-0.05, 0) is 36.8 Å². The summed E-state index contributed by atoms with van der Waals surface area (Å²) in [5.41, 5.74) is 1.16. The van der Waals surface area contributed by atoms with Crippen LogP contribution in [0, 0.1) is 0 Å². The summed E-state index contributed by atoms with van der Waals surface area (Å²) in [6, 6.07) is 8.12. The first-order valence-corrected chi connectivity index (χ1v) is 8.32. The topological polar surface area (TPSA) is 55.9 Å². The van der Waals surface area contributed by atoms with E-state index in [9.17, 15) is 9.59 Å². The molecule has 0 radical (unpaired) electrons. The van der Waals surface area contributed by atoms with E-state index in [1.165, 1.54) is 0 Å². The molecule has 2 saturated heterocycles. The van der Waals surface area contributed by atoms with Gasteiger partial charge in [-0.3, -0.25) is 9.80 Å².